The van der Waals surface area contributed by atoms with E-state index < -0.39 is 5.97 Å². The second kappa shape index (κ2) is 8.54. The normalized spacial score (nSPS) is 11.8. The number of thiazole rings is 1. The number of hydrogen-bond donors (Lipinski definition) is 0. The molecule has 0 unspecified atom stereocenters. The van der Waals surface area contributed by atoms with Crippen molar-refractivity contribution in [2.45, 2.75) is 32.7 Å². The molecule has 0 bridgehead atoms. The lowest BCUT2D eigenvalue weighted by Gasteiger charge is -2.27. The van der Waals surface area contributed by atoms with Crippen molar-refractivity contribution in [2.75, 3.05) is 13.7 Å². The van der Waals surface area contributed by atoms with Gasteiger partial charge < -0.3 is 9.64 Å². The van der Waals surface area contributed by atoms with E-state index in [1.807, 2.05) is 31.4 Å². The quantitative estimate of drug-likeness (QED) is 0.720. The third-order valence-corrected chi connectivity index (χ3v) is 4.70. The first kappa shape index (κ1) is 18.1. The number of amides is 1. The lowest BCUT2D eigenvalue weighted by Crippen LogP contribution is -2.43. The minimum absolute atomic E-state index is 0.0342. The van der Waals surface area contributed by atoms with Crippen molar-refractivity contribution in [2.24, 2.45) is 0 Å². The molecule has 0 saturated carbocycles. The van der Waals surface area contributed by atoms with Gasteiger partial charge in [0.05, 0.1) is 19.2 Å². The molecule has 0 aliphatic rings. The molecule has 7 heteroatoms. The van der Waals surface area contributed by atoms with Crippen LogP contribution in [0.2, 0.25) is 0 Å². The number of nitrogens with zero attached hydrogens (tertiary/aromatic N) is 3. The molecule has 1 atom stereocenters. The Kier molecular flexibility index (Phi) is 6.43. The summed E-state index contributed by atoms with van der Waals surface area (Å²) in [5.41, 5.74) is 1.62. The zero-order chi connectivity index (χ0) is 17.5. The number of pyridine rings is 1. The van der Waals surface area contributed by atoms with Gasteiger partial charge in [-0.2, -0.15) is 0 Å². The van der Waals surface area contributed by atoms with Gasteiger partial charge in [0.25, 0.3) is 0 Å². The second-order valence-corrected chi connectivity index (χ2v) is 6.28. The maximum absolute atomic E-state index is 12.6. The molecule has 0 spiro atoms. The van der Waals surface area contributed by atoms with Crippen molar-refractivity contribution in [3.63, 3.8) is 0 Å². The lowest BCUT2D eigenvalue weighted by atomic mass is 10.2. The van der Waals surface area contributed by atoms with Gasteiger partial charge >= 0.3 is 5.97 Å². The van der Waals surface area contributed by atoms with Crippen molar-refractivity contribution in [3.8, 4) is 10.6 Å². The van der Waals surface area contributed by atoms with Gasteiger partial charge in [0, 0.05) is 29.4 Å². The molecule has 24 heavy (non-hydrogen) atoms. The number of hydrogen-bond acceptors (Lipinski definition) is 6. The number of esters is 1. The molecule has 2 aromatic heterocycles. The summed E-state index contributed by atoms with van der Waals surface area (Å²) < 4.78 is 4.68. The largest absolute Gasteiger partial charge is 0.468 e. The van der Waals surface area contributed by atoms with Crippen LogP contribution in [0, 0.1) is 0 Å². The van der Waals surface area contributed by atoms with E-state index in [0.29, 0.717) is 5.69 Å². The fourth-order valence-corrected chi connectivity index (χ4v) is 2.99. The van der Waals surface area contributed by atoms with Gasteiger partial charge in [-0.3, -0.25) is 14.6 Å². The fraction of sp³-hybridized carbons (Fsp3) is 0.412. The number of methoxy groups -OCH3 is 1. The first-order valence-electron chi connectivity index (χ1n) is 7.76. The Morgan fingerprint density at radius 2 is 2.21 bits per heavy atom. The zero-order valence-corrected chi connectivity index (χ0v) is 14.9. The van der Waals surface area contributed by atoms with Crippen LogP contribution in [0.5, 0.6) is 0 Å². The van der Waals surface area contributed by atoms with Gasteiger partial charge in [-0.25, -0.2) is 4.98 Å². The first-order chi connectivity index (χ1) is 11.5. The van der Waals surface area contributed by atoms with Gasteiger partial charge in [-0.05, 0) is 25.5 Å². The highest BCUT2D eigenvalue weighted by atomic mass is 32.1. The van der Waals surface area contributed by atoms with Crippen LogP contribution >= 0.6 is 11.3 Å². The molecule has 1 amide bonds. The van der Waals surface area contributed by atoms with Crippen LogP contribution in [0.15, 0.2) is 29.9 Å². The van der Waals surface area contributed by atoms with Crippen LogP contribution in [-0.2, 0) is 20.7 Å². The lowest BCUT2D eigenvalue weighted by molar-refractivity contribution is -0.148. The van der Waals surface area contributed by atoms with Crippen molar-refractivity contribution in [1.82, 2.24) is 14.9 Å². The Bertz CT molecular complexity index is 687. The van der Waals surface area contributed by atoms with Crippen molar-refractivity contribution in [1.29, 1.82) is 0 Å². The van der Waals surface area contributed by atoms with E-state index in [1.54, 1.807) is 17.3 Å². The Balaban J connectivity index is 2.09. The first-order valence-corrected chi connectivity index (χ1v) is 8.64. The topological polar surface area (TPSA) is 72.4 Å². The summed E-state index contributed by atoms with van der Waals surface area (Å²) in [4.78, 5) is 34.3. The van der Waals surface area contributed by atoms with Crippen molar-refractivity contribution < 1.29 is 14.3 Å². The molecule has 2 heterocycles. The molecule has 0 saturated heterocycles. The highest BCUT2D eigenvalue weighted by molar-refractivity contribution is 7.13. The molecule has 0 aliphatic carbocycles. The van der Waals surface area contributed by atoms with Gasteiger partial charge in [-0.1, -0.05) is 6.92 Å². The maximum atomic E-state index is 12.6. The molecular formula is C17H21N3O3S. The molecule has 0 aliphatic heterocycles. The molecule has 6 nitrogen and oxygen atoms in total. The van der Waals surface area contributed by atoms with E-state index in [9.17, 15) is 9.59 Å². The van der Waals surface area contributed by atoms with Gasteiger partial charge in [0.1, 0.15) is 11.6 Å². The Hall–Kier alpha value is -2.28. The fourth-order valence-electron chi connectivity index (χ4n) is 2.18. The molecule has 128 valence electrons. The van der Waals surface area contributed by atoms with Crippen LogP contribution in [0.4, 0.5) is 0 Å². The highest BCUT2D eigenvalue weighted by Crippen LogP contribution is 2.23. The number of rotatable bonds is 7. The molecule has 2 aromatic rings. The van der Waals surface area contributed by atoms with E-state index >= 15 is 0 Å². The minimum Gasteiger partial charge on any atom is -0.468 e. The third kappa shape index (κ3) is 4.61. The second-order valence-electron chi connectivity index (χ2n) is 5.42. The number of carbonyl (C=O) groups excluding carboxylic acids is 2. The van der Waals surface area contributed by atoms with E-state index in [0.717, 1.165) is 17.0 Å². The van der Waals surface area contributed by atoms with E-state index in [1.165, 1.54) is 18.4 Å². The predicted octanol–water partition coefficient (Wildman–Crippen LogP) is 2.55. The molecule has 0 fully saturated rings. The molecule has 2 rings (SSSR count). The summed E-state index contributed by atoms with van der Waals surface area (Å²) in [6, 6.07) is 3.75. The zero-order valence-electron chi connectivity index (χ0n) is 14.1. The number of aromatic nitrogens is 2. The summed E-state index contributed by atoms with van der Waals surface area (Å²) in [6.45, 7) is 3.86. The number of ether oxygens (including phenoxy) is 1. The summed E-state index contributed by atoms with van der Waals surface area (Å²) in [6.07, 6.45) is 4.38. The number of carbonyl (C=O) groups is 2. The molecular weight excluding hydrogens is 326 g/mol. The average molecular weight is 347 g/mol. The SMILES string of the molecule is CC[C@@H](C)N(CC(=O)OC)C(=O)Cc1csc(-c2cccnc2)n1. The Morgan fingerprint density at radius 1 is 1.42 bits per heavy atom. The Labute approximate surface area is 145 Å². The van der Waals surface area contributed by atoms with E-state index in [4.69, 9.17) is 0 Å². The minimum atomic E-state index is -0.419. The highest BCUT2D eigenvalue weighted by Gasteiger charge is 2.23. The summed E-state index contributed by atoms with van der Waals surface area (Å²) >= 11 is 1.48. The van der Waals surface area contributed by atoms with Crippen LogP contribution in [0.1, 0.15) is 26.0 Å². The Morgan fingerprint density at radius 3 is 2.83 bits per heavy atom. The van der Waals surface area contributed by atoms with E-state index in [2.05, 4.69) is 14.7 Å². The van der Waals surface area contributed by atoms with Crippen LogP contribution in [0.25, 0.3) is 10.6 Å². The summed E-state index contributed by atoms with van der Waals surface area (Å²) in [5.74, 6) is -0.546. The third-order valence-electron chi connectivity index (χ3n) is 3.76. The van der Waals surface area contributed by atoms with Gasteiger partial charge in [0.2, 0.25) is 5.91 Å². The standard InChI is InChI=1S/C17H21N3O3S/c1-4-12(2)20(10-16(22)23-3)15(21)8-14-11-24-17(19-14)13-6-5-7-18-9-13/h5-7,9,11-12H,4,8,10H2,1-3H3/t12-/m1/s1. The monoisotopic (exact) mass is 347 g/mol. The van der Waals surface area contributed by atoms with Crippen LogP contribution in [0.3, 0.4) is 0 Å². The smallest absolute Gasteiger partial charge is 0.325 e. The van der Waals surface area contributed by atoms with Gasteiger partial charge in [-0.15, -0.1) is 11.3 Å². The predicted molar refractivity (Wildman–Crippen MR) is 92.5 cm³/mol. The van der Waals surface area contributed by atoms with Crippen molar-refractivity contribution >= 4 is 23.2 Å². The average Bonchev–Trinajstić information content (AvgIpc) is 3.07. The van der Waals surface area contributed by atoms with Gasteiger partial charge in [0.15, 0.2) is 0 Å². The van der Waals surface area contributed by atoms with Crippen LogP contribution < -0.4 is 0 Å². The van der Waals surface area contributed by atoms with E-state index in [-0.39, 0.29) is 24.9 Å². The molecule has 0 aromatic carbocycles. The summed E-state index contributed by atoms with van der Waals surface area (Å²) in [5, 5.41) is 2.70. The summed E-state index contributed by atoms with van der Waals surface area (Å²) in [7, 11) is 1.32. The molecule has 0 N–H and O–H groups in total. The maximum Gasteiger partial charge on any atom is 0.325 e. The van der Waals surface area contributed by atoms with Crippen LogP contribution in [-0.4, -0.2) is 46.4 Å². The van der Waals surface area contributed by atoms with Crippen molar-refractivity contribution in [3.05, 3.63) is 35.6 Å². The molecule has 0 radical (unpaired) electrons.